The number of rotatable bonds is 4. The number of aromatic nitrogens is 2. The highest BCUT2D eigenvalue weighted by molar-refractivity contribution is 7.14. The molecular weight excluding hydrogens is 358 g/mol. The van der Waals surface area contributed by atoms with Gasteiger partial charge in [0.05, 0.1) is 10.6 Å². The quantitative estimate of drug-likeness (QED) is 0.546. The van der Waals surface area contributed by atoms with Crippen molar-refractivity contribution in [2.45, 2.75) is 13.8 Å². The molecule has 126 valence electrons. The van der Waals surface area contributed by atoms with E-state index in [1.807, 2.05) is 42.8 Å². The fraction of sp³-hybridized carbons (Fsp3) is 0.118. The molecular formula is C17H13N3O3S2. The first-order valence-corrected chi connectivity index (χ1v) is 9.21. The van der Waals surface area contributed by atoms with Crippen molar-refractivity contribution in [1.82, 2.24) is 10.1 Å². The van der Waals surface area contributed by atoms with Crippen LogP contribution in [-0.2, 0) is 0 Å². The highest BCUT2D eigenvalue weighted by Crippen LogP contribution is 2.30. The Bertz CT molecular complexity index is 1030. The highest BCUT2D eigenvalue weighted by Gasteiger charge is 2.17. The lowest BCUT2D eigenvalue weighted by Crippen LogP contribution is -2.11. The van der Waals surface area contributed by atoms with Crippen molar-refractivity contribution in [3.05, 3.63) is 52.2 Å². The number of thiophene rings is 1. The number of hydrogen-bond acceptors (Lipinski definition) is 7. The normalized spacial score (nSPS) is 11.0. The Labute approximate surface area is 151 Å². The minimum absolute atomic E-state index is 0.218. The lowest BCUT2D eigenvalue weighted by atomic mass is 10.2. The minimum atomic E-state index is -0.354. The van der Waals surface area contributed by atoms with E-state index in [0.717, 1.165) is 27.7 Å². The second-order valence-electron chi connectivity index (χ2n) is 5.37. The fourth-order valence-electron chi connectivity index (χ4n) is 2.42. The Hall–Kier alpha value is -2.71. The third-order valence-electron chi connectivity index (χ3n) is 3.55. The summed E-state index contributed by atoms with van der Waals surface area (Å²) < 4.78 is 10.8. The summed E-state index contributed by atoms with van der Waals surface area (Å²) in [6.45, 7) is 3.78. The summed E-state index contributed by atoms with van der Waals surface area (Å²) >= 11 is 2.87. The largest absolute Gasteiger partial charge is 0.466 e. The van der Waals surface area contributed by atoms with Gasteiger partial charge in [-0.1, -0.05) is 11.2 Å². The number of nitrogens with one attached hydrogen (secondary N) is 1. The molecule has 0 bridgehead atoms. The lowest BCUT2D eigenvalue weighted by molar-refractivity contribution is 0.101. The molecule has 0 aliphatic carbocycles. The molecule has 4 aromatic heterocycles. The number of amides is 1. The van der Waals surface area contributed by atoms with E-state index < -0.39 is 0 Å². The van der Waals surface area contributed by atoms with E-state index in [-0.39, 0.29) is 11.6 Å². The molecule has 0 aliphatic rings. The highest BCUT2D eigenvalue weighted by atomic mass is 32.1. The summed E-state index contributed by atoms with van der Waals surface area (Å²) in [4.78, 5) is 17.7. The zero-order valence-corrected chi connectivity index (χ0v) is 15.0. The summed E-state index contributed by atoms with van der Waals surface area (Å²) in [5.74, 6) is 1.85. The Kier molecular flexibility index (Phi) is 3.98. The molecule has 0 saturated carbocycles. The van der Waals surface area contributed by atoms with Gasteiger partial charge in [0, 0.05) is 17.0 Å². The van der Waals surface area contributed by atoms with Crippen LogP contribution in [0.25, 0.3) is 21.9 Å². The summed E-state index contributed by atoms with van der Waals surface area (Å²) in [6, 6.07) is 7.38. The molecule has 1 amide bonds. The van der Waals surface area contributed by atoms with Crippen LogP contribution in [0.4, 0.5) is 5.13 Å². The summed E-state index contributed by atoms with van der Waals surface area (Å²) in [6.07, 6.45) is 0. The van der Waals surface area contributed by atoms with Crippen LogP contribution in [0.5, 0.6) is 0 Å². The van der Waals surface area contributed by atoms with Gasteiger partial charge in [0.25, 0.3) is 5.91 Å². The second-order valence-corrected chi connectivity index (χ2v) is 7.18. The van der Waals surface area contributed by atoms with Crippen molar-refractivity contribution in [3.63, 3.8) is 0 Å². The van der Waals surface area contributed by atoms with Crippen LogP contribution in [0.2, 0.25) is 0 Å². The SMILES string of the molecule is Cc1cc(-c2csc(NC(=O)c3cc(-c4cccs4)on3)n2)c(C)o1. The van der Waals surface area contributed by atoms with Crippen molar-refractivity contribution in [2.75, 3.05) is 5.32 Å². The maximum absolute atomic E-state index is 12.3. The maximum atomic E-state index is 12.3. The Morgan fingerprint density at radius 1 is 1.24 bits per heavy atom. The molecule has 4 heterocycles. The molecule has 0 unspecified atom stereocenters. The summed E-state index contributed by atoms with van der Waals surface area (Å²) in [7, 11) is 0. The molecule has 0 radical (unpaired) electrons. The Morgan fingerprint density at radius 3 is 2.84 bits per heavy atom. The van der Waals surface area contributed by atoms with E-state index >= 15 is 0 Å². The van der Waals surface area contributed by atoms with Gasteiger partial charge in [-0.2, -0.15) is 0 Å². The molecule has 1 N–H and O–H groups in total. The molecule has 0 atom stereocenters. The van der Waals surface area contributed by atoms with Gasteiger partial charge in [-0.3, -0.25) is 10.1 Å². The molecule has 0 aliphatic heterocycles. The number of carbonyl (C=O) groups is 1. The van der Waals surface area contributed by atoms with Crippen LogP contribution in [0.15, 0.2) is 44.0 Å². The van der Waals surface area contributed by atoms with Crippen molar-refractivity contribution >= 4 is 33.7 Å². The number of thiazole rings is 1. The smallest absolute Gasteiger partial charge is 0.279 e. The Morgan fingerprint density at radius 2 is 2.12 bits per heavy atom. The predicted octanol–water partition coefficient (Wildman–Crippen LogP) is 4.99. The zero-order valence-electron chi connectivity index (χ0n) is 13.4. The van der Waals surface area contributed by atoms with Crippen LogP contribution < -0.4 is 5.32 Å². The number of carbonyl (C=O) groups excluding carboxylic acids is 1. The van der Waals surface area contributed by atoms with Crippen LogP contribution in [0.1, 0.15) is 22.0 Å². The van der Waals surface area contributed by atoms with Gasteiger partial charge >= 0.3 is 0 Å². The van der Waals surface area contributed by atoms with E-state index in [9.17, 15) is 4.79 Å². The number of nitrogens with zero attached hydrogens (tertiary/aromatic N) is 2. The number of hydrogen-bond donors (Lipinski definition) is 1. The zero-order chi connectivity index (χ0) is 17.4. The fourth-order valence-corrected chi connectivity index (χ4v) is 3.80. The second kappa shape index (κ2) is 6.30. The van der Waals surface area contributed by atoms with Crippen LogP contribution in [0, 0.1) is 13.8 Å². The van der Waals surface area contributed by atoms with E-state index in [1.165, 1.54) is 22.7 Å². The van der Waals surface area contributed by atoms with Crippen LogP contribution in [-0.4, -0.2) is 16.0 Å². The van der Waals surface area contributed by atoms with Crippen LogP contribution in [0.3, 0.4) is 0 Å². The Balaban J connectivity index is 1.51. The molecule has 0 fully saturated rings. The molecule has 8 heteroatoms. The van der Waals surface area contributed by atoms with E-state index in [4.69, 9.17) is 8.94 Å². The first kappa shape index (κ1) is 15.8. The molecule has 0 aromatic carbocycles. The monoisotopic (exact) mass is 371 g/mol. The van der Waals surface area contributed by atoms with Crippen LogP contribution >= 0.6 is 22.7 Å². The molecule has 25 heavy (non-hydrogen) atoms. The lowest BCUT2D eigenvalue weighted by Gasteiger charge is -1.96. The van der Waals surface area contributed by atoms with Gasteiger partial charge < -0.3 is 8.94 Å². The van der Waals surface area contributed by atoms with Gasteiger partial charge in [-0.25, -0.2) is 4.98 Å². The van der Waals surface area contributed by atoms with Gasteiger partial charge in [-0.15, -0.1) is 22.7 Å². The number of aryl methyl sites for hydroxylation is 2. The summed E-state index contributed by atoms with van der Waals surface area (Å²) in [5.41, 5.74) is 1.92. The molecule has 0 spiro atoms. The van der Waals surface area contributed by atoms with Gasteiger partial charge in [0.2, 0.25) is 0 Å². The van der Waals surface area contributed by atoms with E-state index in [0.29, 0.717) is 10.9 Å². The first-order chi connectivity index (χ1) is 12.1. The molecule has 4 aromatic rings. The van der Waals surface area contributed by atoms with Crippen molar-refractivity contribution in [2.24, 2.45) is 0 Å². The van der Waals surface area contributed by atoms with Gasteiger partial charge in [0.15, 0.2) is 16.6 Å². The van der Waals surface area contributed by atoms with Crippen molar-refractivity contribution in [3.8, 4) is 21.9 Å². The third-order valence-corrected chi connectivity index (χ3v) is 5.19. The standard InChI is InChI=1S/C17H13N3O3S2/c1-9-6-11(10(2)22-9)13-8-25-17(18-13)19-16(21)12-7-14(23-20-12)15-4-3-5-24-15/h3-8H,1-2H3,(H,18,19,21). The van der Waals surface area contributed by atoms with Gasteiger partial charge in [-0.05, 0) is 31.4 Å². The first-order valence-electron chi connectivity index (χ1n) is 7.45. The van der Waals surface area contributed by atoms with E-state index in [2.05, 4.69) is 15.5 Å². The topological polar surface area (TPSA) is 81.2 Å². The minimum Gasteiger partial charge on any atom is -0.466 e. The summed E-state index contributed by atoms with van der Waals surface area (Å²) in [5, 5.41) is 10.9. The average Bonchev–Trinajstić information content (AvgIpc) is 3.34. The van der Waals surface area contributed by atoms with Crippen molar-refractivity contribution < 1.29 is 13.7 Å². The maximum Gasteiger partial charge on any atom is 0.279 e. The number of furan rings is 1. The average molecular weight is 371 g/mol. The van der Waals surface area contributed by atoms with Gasteiger partial charge in [0.1, 0.15) is 11.5 Å². The number of anilines is 1. The third kappa shape index (κ3) is 3.13. The molecule has 4 rings (SSSR count). The molecule has 0 saturated heterocycles. The molecule has 6 nitrogen and oxygen atoms in total. The predicted molar refractivity (Wildman–Crippen MR) is 97.1 cm³/mol. The van der Waals surface area contributed by atoms with Crippen molar-refractivity contribution in [1.29, 1.82) is 0 Å². The van der Waals surface area contributed by atoms with E-state index in [1.54, 1.807) is 6.07 Å².